The lowest BCUT2D eigenvalue weighted by atomic mass is 9.60. The lowest BCUT2D eigenvalue weighted by Gasteiger charge is -2.50. The summed E-state index contributed by atoms with van der Waals surface area (Å²) < 4.78 is 6.69. The highest BCUT2D eigenvalue weighted by atomic mass is 28.4. The topological polar surface area (TPSA) is 26.3 Å². The molecular weight excluding hydrogens is 276 g/mol. The molecule has 21 heavy (non-hydrogen) atoms. The maximum Gasteiger partial charge on any atom is 0.192 e. The molecular formula is C18H32O2Si. The van der Waals surface area contributed by atoms with Crippen LogP contribution in [0.5, 0.6) is 0 Å². The average Bonchev–Trinajstić information content (AvgIpc) is 2.34. The Kier molecular flexibility index (Phi) is 4.31. The van der Waals surface area contributed by atoms with Crippen LogP contribution >= 0.6 is 0 Å². The van der Waals surface area contributed by atoms with E-state index >= 15 is 0 Å². The predicted octanol–water partition coefficient (Wildman–Crippen LogP) is 5.10. The third kappa shape index (κ3) is 3.05. The molecule has 1 saturated carbocycles. The van der Waals surface area contributed by atoms with Crippen molar-refractivity contribution in [3.63, 3.8) is 0 Å². The van der Waals surface area contributed by atoms with Gasteiger partial charge in [-0.05, 0) is 60.4 Å². The van der Waals surface area contributed by atoms with E-state index in [1.165, 1.54) is 12.0 Å². The molecule has 0 N–H and O–H groups in total. The van der Waals surface area contributed by atoms with Gasteiger partial charge in [0.15, 0.2) is 14.1 Å². The van der Waals surface area contributed by atoms with E-state index in [1.54, 1.807) is 0 Å². The van der Waals surface area contributed by atoms with E-state index in [4.69, 9.17) is 4.43 Å². The monoisotopic (exact) mass is 308 g/mol. The highest BCUT2D eigenvalue weighted by Crippen LogP contribution is 2.52. The summed E-state index contributed by atoms with van der Waals surface area (Å²) in [4.78, 5) is 12.0. The van der Waals surface area contributed by atoms with Crippen molar-refractivity contribution in [3.05, 3.63) is 11.6 Å². The van der Waals surface area contributed by atoms with Gasteiger partial charge >= 0.3 is 0 Å². The molecule has 0 aromatic rings. The maximum absolute atomic E-state index is 12.0. The van der Waals surface area contributed by atoms with Crippen molar-refractivity contribution < 1.29 is 9.22 Å². The minimum absolute atomic E-state index is 0.163. The highest BCUT2D eigenvalue weighted by Gasteiger charge is 2.48. The molecule has 2 rings (SSSR count). The van der Waals surface area contributed by atoms with Crippen LogP contribution < -0.4 is 0 Å². The summed E-state index contributed by atoms with van der Waals surface area (Å²) in [7, 11) is -1.80. The molecule has 0 bridgehead atoms. The van der Waals surface area contributed by atoms with Crippen LogP contribution in [0.15, 0.2) is 11.6 Å². The SMILES string of the molecule is C[C@H]1CC[C@@H](O[Si](C)(C)C(C)(C)C)C2=CC(=O)CC[C@@]21C. The van der Waals surface area contributed by atoms with Crippen LogP contribution in [0.2, 0.25) is 18.1 Å². The second-order valence-corrected chi connectivity index (χ2v) is 13.6. The Morgan fingerprint density at radius 2 is 1.90 bits per heavy atom. The van der Waals surface area contributed by atoms with Crippen LogP contribution in [0.25, 0.3) is 0 Å². The molecule has 2 aliphatic rings. The van der Waals surface area contributed by atoms with Crippen LogP contribution in [0.1, 0.15) is 60.3 Å². The van der Waals surface area contributed by atoms with Crippen LogP contribution in [0.4, 0.5) is 0 Å². The van der Waals surface area contributed by atoms with Crippen molar-refractivity contribution in [2.24, 2.45) is 11.3 Å². The molecule has 0 saturated heterocycles. The van der Waals surface area contributed by atoms with Crippen LogP contribution in [-0.2, 0) is 9.22 Å². The molecule has 0 heterocycles. The van der Waals surface area contributed by atoms with Gasteiger partial charge in [0.25, 0.3) is 0 Å². The average molecular weight is 309 g/mol. The summed E-state index contributed by atoms with van der Waals surface area (Å²) in [5.74, 6) is 0.941. The lowest BCUT2D eigenvalue weighted by molar-refractivity contribution is -0.116. The molecule has 0 unspecified atom stereocenters. The van der Waals surface area contributed by atoms with Crippen molar-refractivity contribution in [1.82, 2.24) is 0 Å². The molecule has 0 aliphatic heterocycles. The Bertz CT molecular complexity index is 458. The second-order valence-electron chi connectivity index (χ2n) is 8.83. The first-order valence-electron chi connectivity index (χ1n) is 8.40. The fourth-order valence-corrected chi connectivity index (χ4v) is 4.77. The Balaban J connectivity index is 2.31. The molecule has 0 aromatic carbocycles. The smallest absolute Gasteiger partial charge is 0.192 e. The fraction of sp³-hybridized carbons (Fsp3) is 0.833. The van der Waals surface area contributed by atoms with Crippen LogP contribution in [0, 0.1) is 11.3 Å². The van der Waals surface area contributed by atoms with Crippen molar-refractivity contribution in [1.29, 1.82) is 0 Å². The summed E-state index contributed by atoms with van der Waals surface area (Å²) in [6, 6.07) is 0. The minimum atomic E-state index is -1.80. The van der Waals surface area contributed by atoms with Gasteiger partial charge < -0.3 is 4.43 Å². The lowest BCUT2D eigenvalue weighted by Crippen LogP contribution is -2.49. The van der Waals surface area contributed by atoms with E-state index in [9.17, 15) is 4.79 Å². The number of ketones is 1. The molecule has 0 aromatic heterocycles. The predicted molar refractivity (Wildman–Crippen MR) is 90.9 cm³/mol. The van der Waals surface area contributed by atoms with Gasteiger partial charge in [-0.3, -0.25) is 4.79 Å². The van der Waals surface area contributed by atoms with E-state index in [-0.39, 0.29) is 16.6 Å². The Hall–Kier alpha value is -0.413. The van der Waals surface area contributed by atoms with Gasteiger partial charge in [0.2, 0.25) is 0 Å². The first kappa shape index (κ1) is 16.9. The molecule has 0 radical (unpaired) electrons. The summed E-state index contributed by atoms with van der Waals surface area (Å²) in [5.41, 5.74) is 1.46. The summed E-state index contributed by atoms with van der Waals surface area (Å²) in [5, 5.41) is 0.214. The highest BCUT2D eigenvalue weighted by molar-refractivity contribution is 6.74. The molecule has 1 fully saturated rings. The number of carbonyl (C=O) groups excluding carboxylic acids is 1. The number of carbonyl (C=O) groups is 1. The number of hydrogen-bond acceptors (Lipinski definition) is 2. The van der Waals surface area contributed by atoms with Gasteiger partial charge in [0, 0.05) is 6.42 Å². The van der Waals surface area contributed by atoms with Crippen molar-refractivity contribution in [3.8, 4) is 0 Å². The molecule has 120 valence electrons. The normalized spacial score (nSPS) is 34.4. The van der Waals surface area contributed by atoms with Crippen molar-refractivity contribution in [2.45, 2.75) is 84.5 Å². The zero-order valence-corrected chi connectivity index (χ0v) is 15.9. The number of fused-ring (bicyclic) bond motifs is 1. The standard InChI is InChI=1S/C18H32O2Si/c1-13-8-9-16(20-21(6,7)17(2,3)4)15-12-14(19)10-11-18(13,15)5/h12-13,16H,8-11H2,1-7H3/t13-,16+,18+/m0/s1. The van der Waals surface area contributed by atoms with Gasteiger partial charge in [0.1, 0.15) is 0 Å². The molecule has 0 spiro atoms. The van der Waals surface area contributed by atoms with Gasteiger partial charge in [-0.15, -0.1) is 0 Å². The third-order valence-electron chi connectivity index (χ3n) is 6.41. The van der Waals surface area contributed by atoms with Gasteiger partial charge in [-0.25, -0.2) is 0 Å². The van der Waals surface area contributed by atoms with E-state index in [0.29, 0.717) is 18.1 Å². The van der Waals surface area contributed by atoms with Crippen LogP contribution in [0.3, 0.4) is 0 Å². The number of allylic oxidation sites excluding steroid dienone is 1. The minimum Gasteiger partial charge on any atom is -0.410 e. The van der Waals surface area contributed by atoms with Gasteiger partial charge in [-0.1, -0.05) is 34.6 Å². The quantitative estimate of drug-likeness (QED) is 0.663. The number of rotatable bonds is 2. The maximum atomic E-state index is 12.0. The Morgan fingerprint density at radius 1 is 1.29 bits per heavy atom. The largest absolute Gasteiger partial charge is 0.410 e. The summed E-state index contributed by atoms with van der Waals surface area (Å²) >= 11 is 0. The molecule has 2 aliphatic carbocycles. The first-order valence-corrected chi connectivity index (χ1v) is 11.3. The van der Waals surface area contributed by atoms with Crippen molar-refractivity contribution >= 4 is 14.1 Å². The first-order chi connectivity index (χ1) is 9.47. The van der Waals surface area contributed by atoms with E-state index < -0.39 is 8.32 Å². The number of hydrogen-bond donors (Lipinski definition) is 0. The zero-order valence-electron chi connectivity index (χ0n) is 14.9. The van der Waals surface area contributed by atoms with Crippen LogP contribution in [-0.4, -0.2) is 20.2 Å². The van der Waals surface area contributed by atoms with Crippen molar-refractivity contribution in [2.75, 3.05) is 0 Å². The van der Waals surface area contributed by atoms with E-state index in [1.807, 2.05) is 6.08 Å². The molecule has 2 nitrogen and oxygen atoms in total. The van der Waals surface area contributed by atoms with Gasteiger partial charge in [0.05, 0.1) is 6.10 Å². The summed E-state index contributed by atoms with van der Waals surface area (Å²) in [6.45, 7) is 16.2. The second kappa shape index (κ2) is 5.34. The molecule has 3 heteroatoms. The molecule has 0 amide bonds. The fourth-order valence-electron chi connectivity index (χ4n) is 3.46. The molecule has 3 atom stereocenters. The summed E-state index contributed by atoms with van der Waals surface area (Å²) in [6.07, 6.45) is 6.07. The Morgan fingerprint density at radius 3 is 2.48 bits per heavy atom. The zero-order chi connectivity index (χ0) is 16.1. The third-order valence-corrected chi connectivity index (χ3v) is 10.9. The van der Waals surface area contributed by atoms with Gasteiger partial charge in [-0.2, -0.15) is 0 Å². The Labute approximate surface area is 131 Å². The van der Waals surface area contributed by atoms with E-state index in [2.05, 4.69) is 47.7 Å². The van der Waals surface area contributed by atoms with E-state index in [0.717, 1.165) is 12.8 Å².